The second-order valence-corrected chi connectivity index (χ2v) is 6.24. The van der Waals surface area contributed by atoms with Crippen LogP contribution in [0.15, 0.2) is 4.52 Å². The summed E-state index contributed by atoms with van der Waals surface area (Å²) >= 11 is 0. The molecule has 17 heavy (non-hydrogen) atoms. The van der Waals surface area contributed by atoms with E-state index in [1.54, 1.807) is 0 Å². The van der Waals surface area contributed by atoms with Crippen molar-refractivity contribution >= 4 is 0 Å². The zero-order valence-corrected chi connectivity index (χ0v) is 10.9. The van der Waals surface area contributed by atoms with Crippen LogP contribution in [0.2, 0.25) is 0 Å². The Kier molecular flexibility index (Phi) is 3.52. The molecule has 0 spiro atoms. The highest BCUT2D eigenvalue weighted by atomic mass is 16.5. The van der Waals surface area contributed by atoms with Crippen molar-refractivity contribution in [3.63, 3.8) is 0 Å². The second kappa shape index (κ2) is 4.77. The van der Waals surface area contributed by atoms with Crippen molar-refractivity contribution in [1.82, 2.24) is 10.1 Å². The third-order valence-electron chi connectivity index (χ3n) is 3.22. The lowest BCUT2D eigenvalue weighted by atomic mass is 9.86. The Morgan fingerprint density at radius 3 is 2.65 bits per heavy atom. The molecule has 1 saturated carbocycles. The van der Waals surface area contributed by atoms with Gasteiger partial charge in [-0.15, -0.1) is 0 Å². The lowest BCUT2D eigenvalue weighted by Gasteiger charge is -2.24. The van der Waals surface area contributed by atoms with Crippen molar-refractivity contribution < 1.29 is 9.63 Å². The van der Waals surface area contributed by atoms with Gasteiger partial charge in [-0.25, -0.2) is 0 Å². The van der Waals surface area contributed by atoms with Crippen LogP contribution in [0.1, 0.15) is 64.1 Å². The third-order valence-corrected chi connectivity index (χ3v) is 3.22. The van der Waals surface area contributed by atoms with Crippen molar-refractivity contribution in [2.45, 2.75) is 64.9 Å². The molecular formula is C13H22N2O2. The van der Waals surface area contributed by atoms with E-state index in [1.165, 1.54) is 0 Å². The average molecular weight is 238 g/mol. The molecule has 4 heteroatoms. The maximum absolute atomic E-state index is 9.94. The molecule has 0 aromatic carbocycles. The number of aliphatic hydroxyl groups is 1. The van der Waals surface area contributed by atoms with E-state index in [2.05, 4.69) is 30.9 Å². The molecule has 1 aromatic rings. The summed E-state index contributed by atoms with van der Waals surface area (Å²) in [6.07, 6.45) is 4.53. The molecule has 0 radical (unpaired) electrons. The Bertz CT molecular complexity index is 368. The fourth-order valence-corrected chi connectivity index (χ4v) is 2.36. The molecular weight excluding hydrogens is 216 g/mol. The molecule has 0 bridgehead atoms. The molecule has 1 aromatic heterocycles. The van der Waals surface area contributed by atoms with Crippen LogP contribution < -0.4 is 0 Å². The molecule has 0 saturated heterocycles. The first-order valence-corrected chi connectivity index (χ1v) is 6.46. The van der Waals surface area contributed by atoms with Gasteiger partial charge in [-0.1, -0.05) is 38.8 Å². The Morgan fingerprint density at radius 1 is 1.29 bits per heavy atom. The largest absolute Gasteiger partial charge is 0.392 e. The quantitative estimate of drug-likeness (QED) is 0.860. The fraction of sp³-hybridized carbons (Fsp3) is 0.846. The van der Waals surface area contributed by atoms with Crippen molar-refractivity contribution in [2.75, 3.05) is 0 Å². The summed E-state index contributed by atoms with van der Waals surface area (Å²) in [5.41, 5.74) is 0.159. The van der Waals surface area contributed by atoms with Gasteiger partial charge in [-0.05, 0) is 18.3 Å². The summed E-state index contributed by atoms with van der Waals surface area (Å²) in [5, 5.41) is 14.0. The Labute approximate surface area is 102 Å². The zero-order valence-electron chi connectivity index (χ0n) is 10.9. The lowest BCUT2D eigenvalue weighted by molar-refractivity contribution is 0.0908. The SMILES string of the molecule is CC(C)(C)Cc1noc(C2CCCCC2O)n1. The van der Waals surface area contributed by atoms with Crippen molar-refractivity contribution in [2.24, 2.45) is 5.41 Å². The molecule has 1 aliphatic carbocycles. The molecule has 2 rings (SSSR count). The van der Waals surface area contributed by atoms with Crippen molar-refractivity contribution in [3.05, 3.63) is 11.7 Å². The summed E-state index contributed by atoms with van der Waals surface area (Å²) < 4.78 is 5.30. The molecule has 0 aliphatic heterocycles. The van der Waals surface area contributed by atoms with Crippen LogP contribution in [0.5, 0.6) is 0 Å². The molecule has 2 unspecified atom stereocenters. The molecule has 1 fully saturated rings. The fourth-order valence-electron chi connectivity index (χ4n) is 2.36. The molecule has 2 atom stereocenters. The summed E-state index contributed by atoms with van der Waals surface area (Å²) in [4.78, 5) is 4.43. The average Bonchev–Trinajstić information content (AvgIpc) is 2.64. The van der Waals surface area contributed by atoms with Crippen LogP contribution in [0.3, 0.4) is 0 Å². The number of nitrogens with zero attached hydrogens (tertiary/aromatic N) is 2. The number of rotatable bonds is 2. The van der Waals surface area contributed by atoms with Gasteiger partial charge < -0.3 is 9.63 Å². The minimum absolute atomic E-state index is 0.0463. The smallest absolute Gasteiger partial charge is 0.232 e. The minimum Gasteiger partial charge on any atom is -0.392 e. The van der Waals surface area contributed by atoms with Gasteiger partial charge in [0.2, 0.25) is 5.89 Å². The Morgan fingerprint density at radius 2 is 2.00 bits per heavy atom. The zero-order chi connectivity index (χ0) is 12.5. The van der Waals surface area contributed by atoms with Crippen molar-refractivity contribution in [3.8, 4) is 0 Å². The predicted molar refractivity (Wildman–Crippen MR) is 64.7 cm³/mol. The highest BCUT2D eigenvalue weighted by Gasteiger charge is 2.29. The molecule has 96 valence electrons. The highest BCUT2D eigenvalue weighted by Crippen LogP contribution is 2.32. The van der Waals surface area contributed by atoms with Crippen LogP contribution in [0, 0.1) is 5.41 Å². The summed E-state index contributed by atoms with van der Waals surface area (Å²) in [7, 11) is 0. The normalized spacial score (nSPS) is 26.1. The van der Waals surface area contributed by atoms with Gasteiger partial charge >= 0.3 is 0 Å². The maximum Gasteiger partial charge on any atom is 0.232 e. The number of aromatic nitrogens is 2. The van der Waals surface area contributed by atoms with Crippen LogP contribution in [0.4, 0.5) is 0 Å². The van der Waals surface area contributed by atoms with Crippen LogP contribution in [0.25, 0.3) is 0 Å². The van der Waals surface area contributed by atoms with Crippen LogP contribution in [-0.2, 0) is 6.42 Å². The van der Waals surface area contributed by atoms with Crippen LogP contribution >= 0.6 is 0 Å². The van der Waals surface area contributed by atoms with E-state index in [0.29, 0.717) is 5.89 Å². The van der Waals surface area contributed by atoms with E-state index in [9.17, 15) is 5.11 Å². The van der Waals surface area contributed by atoms with Gasteiger partial charge in [-0.2, -0.15) is 4.98 Å². The van der Waals surface area contributed by atoms with Gasteiger partial charge in [0.1, 0.15) is 0 Å². The van der Waals surface area contributed by atoms with E-state index >= 15 is 0 Å². The van der Waals surface area contributed by atoms with Crippen LogP contribution in [-0.4, -0.2) is 21.4 Å². The standard InChI is InChI=1S/C13H22N2O2/c1-13(2,3)8-11-14-12(17-15-11)9-6-4-5-7-10(9)16/h9-10,16H,4-8H2,1-3H3. The number of hydrogen-bond donors (Lipinski definition) is 1. The monoisotopic (exact) mass is 238 g/mol. The number of hydrogen-bond acceptors (Lipinski definition) is 4. The van der Waals surface area contributed by atoms with Gasteiger partial charge in [0, 0.05) is 6.42 Å². The van der Waals surface area contributed by atoms with E-state index in [0.717, 1.165) is 37.9 Å². The van der Waals surface area contributed by atoms with Gasteiger partial charge in [-0.3, -0.25) is 0 Å². The van der Waals surface area contributed by atoms with Gasteiger partial charge in [0.05, 0.1) is 12.0 Å². The summed E-state index contributed by atoms with van der Waals surface area (Å²) in [6, 6.07) is 0. The van der Waals surface area contributed by atoms with Gasteiger partial charge in [0.25, 0.3) is 0 Å². The highest BCUT2D eigenvalue weighted by molar-refractivity contribution is 5.00. The van der Waals surface area contributed by atoms with E-state index < -0.39 is 0 Å². The third kappa shape index (κ3) is 3.28. The van der Waals surface area contributed by atoms with Crippen molar-refractivity contribution in [1.29, 1.82) is 0 Å². The second-order valence-electron chi connectivity index (χ2n) is 6.24. The van der Waals surface area contributed by atoms with E-state index in [1.807, 2.05) is 0 Å². The first kappa shape index (κ1) is 12.6. The first-order chi connectivity index (χ1) is 7.96. The van der Waals surface area contributed by atoms with Gasteiger partial charge in [0.15, 0.2) is 5.82 Å². The number of aliphatic hydroxyl groups excluding tert-OH is 1. The molecule has 1 N–H and O–H groups in total. The Hall–Kier alpha value is -0.900. The molecule has 1 aliphatic rings. The molecule has 0 amide bonds. The summed E-state index contributed by atoms with van der Waals surface area (Å²) in [5.74, 6) is 1.42. The first-order valence-electron chi connectivity index (χ1n) is 6.46. The molecule has 4 nitrogen and oxygen atoms in total. The Balaban J connectivity index is 2.07. The van der Waals surface area contributed by atoms with E-state index in [4.69, 9.17) is 4.52 Å². The lowest BCUT2D eigenvalue weighted by Crippen LogP contribution is -2.22. The molecule has 1 heterocycles. The predicted octanol–water partition coefficient (Wildman–Crippen LogP) is 2.68. The summed E-state index contributed by atoms with van der Waals surface area (Å²) in [6.45, 7) is 6.45. The maximum atomic E-state index is 9.94. The van der Waals surface area contributed by atoms with E-state index in [-0.39, 0.29) is 17.4 Å². The topological polar surface area (TPSA) is 59.2 Å². The minimum atomic E-state index is -0.313.